The van der Waals surface area contributed by atoms with Crippen molar-refractivity contribution in [3.8, 4) is 0 Å². The van der Waals surface area contributed by atoms with Gasteiger partial charge >= 0.3 is 0 Å². The lowest BCUT2D eigenvalue weighted by atomic mass is 9.89. The summed E-state index contributed by atoms with van der Waals surface area (Å²) in [6, 6.07) is 0. The zero-order chi connectivity index (χ0) is 15.1. The number of hydrogen-bond donors (Lipinski definition) is 0. The number of aliphatic imine (C=N–C) groups is 1. The highest BCUT2D eigenvalue weighted by Crippen LogP contribution is 2.25. The van der Waals surface area contributed by atoms with Crippen LogP contribution < -0.4 is 0 Å². The smallest absolute Gasteiger partial charge is 0.223 e. The van der Waals surface area contributed by atoms with E-state index in [2.05, 4.69) is 16.6 Å². The minimum atomic E-state index is -0.598. The van der Waals surface area contributed by atoms with Gasteiger partial charge in [-0.2, -0.15) is 4.39 Å². The van der Waals surface area contributed by atoms with E-state index in [1.54, 1.807) is 6.08 Å². The molecule has 0 aromatic heterocycles. The predicted molar refractivity (Wildman–Crippen MR) is 80.4 cm³/mol. The van der Waals surface area contributed by atoms with Crippen molar-refractivity contribution in [3.63, 3.8) is 0 Å². The number of likely N-dealkylation sites (N-methyl/N-ethyl adjacent to an activating group) is 1. The van der Waals surface area contributed by atoms with Gasteiger partial charge in [-0.05, 0) is 46.2 Å². The fraction of sp³-hybridized carbons (Fsp3) is 0.600. The number of carbonyl (C=O) groups excluding carboxylic acids is 1. The Labute approximate surface area is 120 Å². The van der Waals surface area contributed by atoms with Gasteiger partial charge in [0.2, 0.25) is 11.9 Å². The minimum absolute atomic E-state index is 0.183. The normalized spacial score (nSPS) is 21.6. The second-order valence-electron chi connectivity index (χ2n) is 5.43. The molecule has 1 fully saturated rings. The lowest BCUT2D eigenvalue weighted by Gasteiger charge is -2.32. The monoisotopic (exact) mass is 281 g/mol. The van der Waals surface area contributed by atoms with E-state index in [0.717, 1.165) is 31.6 Å². The van der Waals surface area contributed by atoms with Crippen LogP contribution in [0.2, 0.25) is 0 Å². The van der Waals surface area contributed by atoms with Crippen LogP contribution in [0.25, 0.3) is 0 Å². The second kappa shape index (κ2) is 7.94. The fourth-order valence-electron chi connectivity index (χ4n) is 2.21. The van der Waals surface area contributed by atoms with Gasteiger partial charge in [0.15, 0.2) is 0 Å². The first-order valence-electron chi connectivity index (χ1n) is 6.87. The maximum absolute atomic E-state index is 12.9. The molecule has 1 rings (SSSR count). The largest absolute Gasteiger partial charge is 0.341 e. The quantitative estimate of drug-likeness (QED) is 0.425. The third-order valence-electron chi connectivity index (χ3n) is 3.62. The van der Waals surface area contributed by atoms with Crippen LogP contribution in [0.4, 0.5) is 4.39 Å². The van der Waals surface area contributed by atoms with E-state index in [-0.39, 0.29) is 11.8 Å². The Bertz CT molecular complexity index is 415. The molecule has 5 heteroatoms. The maximum Gasteiger partial charge on any atom is 0.223 e. The molecule has 0 aliphatic carbocycles. The van der Waals surface area contributed by atoms with Crippen molar-refractivity contribution in [2.75, 3.05) is 33.7 Å². The van der Waals surface area contributed by atoms with E-state index >= 15 is 0 Å². The lowest BCUT2D eigenvalue weighted by Crippen LogP contribution is -2.42. The van der Waals surface area contributed by atoms with Gasteiger partial charge in [-0.15, -0.1) is 0 Å². The summed E-state index contributed by atoms with van der Waals surface area (Å²) >= 11 is 0. The van der Waals surface area contributed by atoms with Crippen LogP contribution in [-0.4, -0.2) is 56.2 Å². The van der Waals surface area contributed by atoms with E-state index in [4.69, 9.17) is 0 Å². The van der Waals surface area contributed by atoms with E-state index in [1.807, 2.05) is 25.9 Å². The zero-order valence-corrected chi connectivity index (χ0v) is 12.6. The summed E-state index contributed by atoms with van der Waals surface area (Å²) in [5, 5.41) is 0. The SMILES string of the molecule is C=N/C(F)=C\C=C(/C)C1CCN(CCN(C)C)C(=O)C1. The molecular formula is C15H24FN3O. The van der Waals surface area contributed by atoms with Crippen LogP contribution >= 0.6 is 0 Å². The Kier molecular flexibility index (Phi) is 6.58. The third kappa shape index (κ3) is 5.25. The zero-order valence-electron chi connectivity index (χ0n) is 12.6. The Morgan fingerprint density at radius 2 is 2.25 bits per heavy atom. The van der Waals surface area contributed by atoms with Crippen LogP contribution in [0.5, 0.6) is 0 Å². The van der Waals surface area contributed by atoms with Gasteiger partial charge in [-0.3, -0.25) is 4.79 Å². The van der Waals surface area contributed by atoms with Crippen molar-refractivity contribution in [1.82, 2.24) is 9.80 Å². The van der Waals surface area contributed by atoms with Crippen molar-refractivity contribution in [3.05, 3.63) is 23.7 Å². The number of halogens is 1. The van der Waals surface area contributed by atoms with Gasteiger partial charge in [0, 0.05) is 26.1 Å². The van der Waals surface area contributed by atoms with Gasteiger partial charge in [-0.25, -0.2) is 4.99 Å². The minimum Gasteiger partial charge on any atom is -0.341 e. The number of rotatable bonds is 6. The molecule has 0 bridgehead atoms. The Morgan fingerprint density at radius 1 is 1.55 bits per heavy atom. The first-order chi connectivity index (χ1) is 9.43. The topological polar surface area (TPSA) is 35.9 Å². The summed E-state index contributed by atoms with van der Waals surface area (Å²) in [5.74, 6) is -0.215. The van der Waals surface area contributed by atoms with Crippen LogP contribution in [0, 0.1) is 5.92 Å². The van der Waals surface area contributed by atoms with Crippen molar-refractivity contribution in [1.29, 1.82) is 0 Å². The molecule has 0 spiro atoms. The third-order valence-corrected chi connectivity index (χ3v) is 3.62. The van der Waals surface area contributed by atoms with Crippen molar-refractivity contribution >= 4 is 12.6 Å². The molecule has 1 aliphatic heterocycles. The Morgan fingerprint density at radius 3 is 2.80 bits per heavy atom. The molecule has 0 aromatic carbocycles. The molecule has 1 amide bonds. The average Bonchev–Trinajstić information content (AvgIpc) is 2.42. The summed E-state index contributed by atoms with van der Waals surface area (Å²) in [6.45, 7) is 7.48. The number of allylic oxidation sites excluding steroid dienone is 3. The van der Waals surface area contributed by atoms with E-state index in [0.29, 0.717) is 6.42 Å². The van der Waals surface area contributed by atoms with Crippen LogP contribution in [0.1, 0.15) is 19.8 Å². The molecule has 1 heterocycles. The summed E-state index contributed by atoms with van der Waals surface area (Å²) in [4.78, 5) is 19.2. The fourth-order valence-corrected chi connectivity index (χ4v) is 2.21. The highest BCUT2D eigenvalue weighted by Gasteiger charge is 2.26. The Balaban J connectivity index is 2.54. The van der Waals surface area contributed by atoms with Crippen LogP contribution in [-0.2, 0) is 4.79 Å². The number of amides is 1. The lowest BCUT2D eigenvalue weighted by molar-refractivity contribution is -0.134. The summed E-state index contributed by atoms with van der Waals surface area (Å²) in [6.07, 6.45) is 4.42. The van der Waals surface area contributed by atoms with E-state index < -0.39 is 5.95 Å². The summed E-state index contributed by atoms with van der Waals surface area (Å²) in [7, 11) is 4.00. The number of likely N-dealkylation sites (tertiary alicyclic amines) is 1. The molecule has 112 valence electrons. The summed E-state index contributed by atoms with van der Waals surface area (Å²) in [5.41, 5.74) is 1.02. The molecule has 1 aliphatic rings. The second-order valence-corrected chi connectivity index (χ2v) is 5.43. The molecule has 4 nitrogen and oxygen atoms in total. The molecule has 20 heavy (non-hydrogen) atoms. The van der Waals surface area contributed by atoms with Gasteiger partial charge in [0.25, 0.3) is 0 Å². The predicted octanol–water partition coefficient (Wildman–Crippen LogP) is 2.24. The average molecular weight is 281 g/mol. The van der Waals surface area contributed by atoms with E-state index in [9.17, 15) is 9.18 Å². The van der Waals surface area contributed by atoms with Crippen LogP contribution in [0.3, 0.4) is 0 Å². The molecule has 1 saturated heterocycles. The standard InChI is InChI=1S/C15H24FN3O/c1-12(5-6-14(16)17-2)13-7-8-19(15(20)11-13)10-9-18(3)4/h5-6,13H,2,7-11H2,1,3-4H3/b12-5+,14-6-. The van der Waals surface area contributed by atoms with Crippen molar-refractivity contribution in [2.24, 2.45) is 10.9 Å². The molecule has 0 aromatic rings. The number of piperidine rings is 1. The van der Waals surface area contributed by atoms with Gasteiger partial charge in [0.05, 0.1) is 0 Å². The van der Waals surface area contributed by atoms with Gasteiger partial charge < -0.3 is 9.80 Å². The number of nitrogens with zero attached hydrogens (tertiary/aromatic N) is 3. The van der Waals surface area contributed by atoms with Gasteiger partial charge in [-0.1, -0.05) is 11.6 Å². The highest BCUT2D eigenvalue weighted by atomic mass is 19.1. The number of carbonyl (C=O) groups is 1. The molecule has 1 unspecified atom stereocenters. The first-order valence-corrected chi connectivity index (χ1v) is 6.87. The molecule has 0 saturated carbocycles. The maximum atomic E-state index is 12.9. The van der Waals surface area contributed by atoms with Crippen molar-refractivity contribution < 1.29 is 9.18 Å². The highest BCUT2D eigenvalue weighted by molar-refractivity contribution is 5.77. The van der Waals surface area contributed by atoms with Gasteiger partial charge in [0.1, 0.15) is 0 Å². The summed E-state index contributed by atoms with van der Waals surface area (Å²) < 4.78 is 12.9. The molecular weight excluding hydrogens is 257 g/mol. The molecule has 1 atom stereocenters. The number of hydrogen-bond acceptors (Lipinski definition) is 3. The molecule has 0 N–H and O–H groups in total. The molecule has 0 radical (unpaired) electrons. The van der Waals surface area contributed by atoms with Crippen LogP contribution in [0.15, 0.2) is 28.7 Å². The van der Waals surface area contributed by atoms with E-state index in [1.165, 1.54) is 6.08 Å². The Hall–Kier alpha value is -1.49. The van der Waals surface area contributed by atoms with Crippen molar-refractivity contribution in [2.45, 2.75) is 19.8 Å². The first kappa shape index (κ1) is 16.6.